The highest BCUT2D eigenvalue weighted by Crippen LogP contribution is 2.19. The molecule has 2 heterocycles. The molecule has 1 N–H and O–H groups in total. The quantitative estimate of drug-likeness (QED) is 0.794. The summed E-state index contributed by atoms with van der Waals surface area (Å²) in [7, 11) is 0. The van der Waals surface area contributed by atoms with Gasteiger partial charge in [-0.25, -0.2) is 4.68 Å². The summed E-state index contributed by atoms with van der Waals surface area (Å²) in [5.74, 6) is 0. The Morgan fingerprint density at radius 3 is 2.71 bits per heavy atom. The summed E-state index contributed by atoms with van der Waals surface area (Å²) in [5, 5.41) is 11.9. The smallest absolute Gasteiger partial charge is 0.103 e. The summed E-state index contributed by atoms with van der Waals surface area (Å²) in [6, 6.07) is 6.10. The van der Waals surface area contributed by atoms with E-state index in [1.54, 1.807) is 12.4 Å². The molecule has 0 amide bonds. The zero-order valence-corrected chi connectivity index (χ0v) is 12.4. The van der Waals surface area contributed by atoms with Crippen LogP contribution in [0.4, 0.5) is 0 Å². The maximum atomic E-state index is 4.33. The van der Waals surface area contributed by atoms with Gasteiger partial charge in [0.05, 0.1) is 28.5 Å². The van der Waals surface area contributed by atoms with Crippen molar-refractivity contribution in [2.45, 2.75) is 26.8 Å². The van der Waals surface area contributed by atoms with Gasteiger partial charge in [-0.3, -0.25) is 9.97 Å². The van der Waals surface area contributed by atoms with Crippen molar-refractivity contribution in [2.75, 3.05) is 6.54 Å². The summed E-state index contributed by atoms with van der Waals surface area (Å²) in [6.45, 7) is 7.11. The molecule has 3 aromatic rings. The maximum absolute atomic E-state index is 4.33. The van der Waals surface area contributed by atoms with Crippen molar-refractivity contribution in [2.24, 2.45) is 0 Å². The highest BCUT2D eigenvalue weighted by atomic mass is 15.4. The average molecular weight is 282 g/mol. The van der Waals surface area contributed by atoms with Crippen LogP contribution in [-0.4, -0.2) is 31.5 Å². The Balaban J connectivity index is 2.02. The molecular weight excluding hydrogens is 264 g/mol. The lowest BCUT2D eigenvalue weighted by Crippen LogP contribution is -2.19. The normalized spacial score (nSPS) is 12.7. The van der Waals surface area contributed by atoms with E-state index in [2.05, 4.69) is 39.4 Å². The largest absolute Gasteiger partial charge is 0.309 e. The molecule has 108 valence electrons. The van der Waals surface area contributed by atoms with Gasteiger partial charge in [-0.15, -0.1) is 5.10 Å². The molecule has 1 aromatic carbocycles. The Morgan fingerprint density at radius 1 is 1.19 bits per heavy atom. The lowest BCUT2D eigenvalue weighted by Gasteiger charge is -2.10. The maximum Gasteiger partial charge on any atom is 0.103 e. The molecule has 1 unspecified atom stereocenters. The molecule has 0 aliphatic heterocycles. The Kier molecular flexibility index (Phi) is 3.62. The molecule has 0 bridgehead atoms. The number of nitrogens with zero attached hydrogens (tertiary/aromatic N) is 5. The first-order chi connectivity index (χ1) is 10.2. The van der Waals surface area contributed by atoms with Crippen LogP contribution in [0.25, 0.3) is 16.7 Å². The van der Waals surface area contributed by atoms with Crippen LogP contribution in [0.15, 0.2) is 30.6 Å². The van der Waals surface area contributed by atoms with E-state index in [0.29, 0.717) is 0 Å². The predicted octanol–water partition coefficient (Wildman–Crippen LogP) is 2.19. The first kappa shape index (κ1) is 13.6. The van der Waals surface area contributed by atoms with E-state index in [1.165, 1.54) is 0 Å². The van der Waals surface area contributed by atoms with Gasteiger partial charge >= 0.3 is 0 Å². The SMILES string of the molecule is CCNC(C)c1nnn(-c2ccc3nccnc3c2)c1C. The van der Waals surface area contributed by atoms with E-state index in [-0.39, 0.29) is 6.04 Å². The lowest BCUT2D eigenvalue weighted by molar-refractivity contribution is 0.579. The van der Waals surface area contributed by atoms with Crippen LogP contribution in [-0.2, 0) is 0 Å². The molecular formula is C15H18N6. The second kappa shape index (κ2) is 5.57. The minimum atomic E-state index is 0.184. The Morgan fingerprint density at radius 2 is 1.95 bits per heavy atom. The van der Waals surface area contributed by atoms with Gasteiger partial charge in [0.25, 0.3) is 0 Å². The molecule has 6 heteroatoms. The molecule has 0 radical (unpaired) electrons. The molecule has 6 nitrogen and oxygen atoms in total. The fourth-order valence-corrected chi connectivity index (χ4v) is 2.47. The van der Waals surface area contributed by atoms with Crippen LogP contribution in [0.1, 0.15) is 31.3 Å². The Bertz CT molecular complexity index is 764. The topological polar surface area (TPSA) is 68.5 Å². The van der Waals surface area contributed by atoms with Crippen LogP contribution in [0.3, 0.4) is 0 Å². The third-order valence-corrected chi connectivity index (χ3v) is 3.55. The molecule has 0 spiro atoms. The lowest BCUT2D eigenvalue weighted by atomic mass is 10.2. The zero-order valence-electron chi connectivity index (χ0n) is 12.4. The second-order valence-corrected chi connectivity index (χ2v) is 4.98. The highest BCUT2D eigenvalue weighted by Gasteiger charge is 2.15. The molecule has 0 aliphatic carbocycles. The number of benzene rings is 1. The summed E-state index contributed by atoms with van der Waals surface area (Å²) in [4.78, 5) is 8.61. The molecule has 1 atom stereocenters. The van der Waals surface area contributed by atoms with Gasteiger partial charge in [-0.1, -0.05) is 12.1 Å². The van der Waals surface area contributed by atoms with Crippen LogP contribution >= 0.6 is 0 Å². The third kappa shape index (κ3) is 2.50. The van der Waals surface area contributed by atoms with Gasteiger partial charge in [0.1, 0.15) is 5.69 Å². The van der Waals surface area contributed by atoms with E-state index >= 15 is 0 Å². The number of aromatic nitrogens is 5. The molecule has 2 aromatic heterocycles. The van der Waals surface area contributed by atoms with Gasteiger partial charge in [-0.2, -0.15) is 0 Å². The minimum absolute atomic E-state index is 0.184. The highest BCUT2D eigenvalue weighted by molar-refractivity contribution is 5.76. The van der Waals surface area contributed by atoms with Crippen molar-refractivity contribution in [1.29, 1.82) is 0 Å². The molecule has 3 rings (SSSR count). The third-order valence-electron chi connectivity index (χ3n) is 3.55. The van der Waals surface area contributed by atoms with Crippen molar-refractivity contribution >= 4 is 11.0 Å². The molecule has 0 aliphatic rings. The number of hydrogen-bond donors (Lipinski definition) is 1. The van der Waals surface area contributed by atoms with Crippen LogP contribution < -0.4 is 5.32 Å². The summed E-state index contributed by atoms with van der Waals surface area (Å²) < 4.78 is 1.84. The van der Waals surface area contributed by atoms with Crippen LogP contribution in [0.5, 0.6) is 0 Å². The number of fused-ring (bicyclic) bond motifs is 1. The van der Waals surface area contributed by atoms with E-state index in [4.69, 9.17) is 0 Å². The average Bonchev–Trinajstić information content (AvgIpc) is 2.89. The van der Waals surface area contributed by atoms with Gasteiger partial charge in [0, 0.05) is 12.4 Å². The van der Waals surface area contributed by atoms with E-state index in [1.807, 2.05) is 29.8 Å². The minimum Gasteiger partial charge on any atom is -0.309 e. The molecule has 0 saturated carbocycles. The number of rotatable bonds is 4. The number of nitrogens with one attached hydrogen (secondary N) is 1. The van der Waals surface area contributed by atoms with Crippen LogP contribution in [0, 0.1) is 6.92 Å². The summed E-state index contributed by atoms with van der Waals surface area (Å²) in [5.41, 5.74) is 4.68. The first-order valence-corrected chi connectivity index (χ1v) is 7.07. The fraction of sp³-hybridized carbons (Fsp3) is 0.333. The fourth-order valence-electron chi connectivity index (χ4n) is 2.47. The molecule has 0 fully saturated rings. The summed E-state index contributed by atoms with van der Waals surface area (Å²) >= 11 is 0. The Labute approximate surface area is 123 Å². The monoisotopic (exact) mass is 282 g/mol. The van der Waals surface area contributed by atoms with E-state index < -0.39 is 0 Å². The molecule has 0 saturated heterocycles. The molecule has 21 heavy (non-hydrogen) atoms. The van der Waals surface area contributed by atoms with E-state index in [0.717, 1.165) is 34.7 Å². The van der Waals surface area contributed by atoms with E-state index in [9.17, 15) is 0 Å². The zero-order chi connectivity index (χ0) is 14.8. The first-order valence-electron chi connectivity index (χ1n) is 7.07. The van der Waals surface area contributed by atoms with Crippen LogP contribution in [0.2, 0.25) is 0 Å². The van der Waals surface area contributed by atoms with Gasteiger partial charge in [-0.05, 0) is 38.6 Å². The van der Waals surface area contributed by atoms with Gasteiger partial charge in [0.15, 0.2) is 0 Å². The standard InChI is InChI=1S/C15H18N6/c1-4-16-10(2)15-11(3)21(20-19-15)12-5-6-13-14(9-12)18-8-7-17-13/h5-10,16H,4H2,1-3H3. The Hall–Kier alpha value is -2.34. The van der Waals surface area contributed by atoms with Crippen molar-refractivity contribution in [1.82, 2.24) is 30.3 Å². The predicted molar refractivity (Wildman–Crippen MR) is 81.3 cm³/mol. The van der Waals surface area contributed by atoms with Crippen molar-refractivity contribution in [3.05, 3.63) is 42.0 Å². The van der Waals surface area contributed by atoms with Crippen molar-refractivity contribution < 1.29 is 0 Å². The second-order valence-electron chi connectivity index (χ2n) is 4.98. The summed E-state index contributed by atoms with van der Waals surface area (Å²) in [6.07, 6.45) is 3.39. The van der Waals surface area contributed by atoms with Crippen molar-refractivity contribution in [3.8, 4) is 5.69 Å². The van der Waals surface area contributed by atoms with Crippen molar-refractivity contribution in [3.63, 3.8) is 0 Å². The van der Waals surface area contributed by atoms with Gasteiger partial charge in [0.2, 0.25) is 0 Å². The number of hydrogen-bond acceptors (Lipinski definition) is 5. The van der Waals surface area contributed by atoms with Gasteiger partial charge < -0.3 is 5.32 Å².